The van der Waals surface area contributed by atoms with E-state index in [-0.39, 0.29) is 23.8 Å². The fourth-order valence-electron chi connectivity index (χ4n) is 4.43. The summed E-state index contributed by atoms with van der Waals surface area (Å²) in [5.74, 6) is 0.432. The molecule has 0 aromatic heterocycles. The Kier molecular flexibility index (Phi) is 11.8. The van der Waals surface area contributed by atoms with Gasteiger partial charge in [-0.3, -0.25) is 5.43 Å². The maximum atomic E-state index is 12.5. The van der Waals surface area contributed by atoms with Crippen LogP contribution in [0.25, 0.3) is 0 Å². The minimum absolute atomic E-state index is 0.206. The lowest BCUT2D eigenvalue weighted by molar-refractivity contribution is -0.136. The van der Waals surface area contributed by atoms with Crippen molar-refractivity contribution < 1.29 is 33.6 Å². The predicted molar refractivity (Wildman–Crippen MR) is 171 cm³/mol. The molecule has 11 nitrogen and oxygen atoms in total. The van der Waals surface area contributed by atoms with Crippen LogP contribution in [0.5, 0.6) is 17.2 Å². The molecule has 1 heterocycles. The summed E-state index contributed by atoms with van der Waals surface area (Å²) >= 11 is 18.6. The fourth-order valence-corrected chi connectivity index (χ4v) is 5.20. The van der Waals surface area contributed by atoms with E-state index in [9.17, 15) is 14.7 Å². The third-order valence-corrected chi connectivity index (χ3v) is 7.14. The summed E-state index contributed by atoms with van der Waals surface area (Å²) in [5, 5.41) is 21.2. The van der Waals surface area contributed by atoms with Crippen LogP contribution >= 0.6 is 34.8 Å². The third-order valence-electron chi connectivity index (χ3n) is 6.41. The van der Waals surface area contributed by atoms with Crippen LogP contribution in [-0.4, -0.2) is 49.9 Å². The molecule has 0 saturated heterocycles. The largest absolute Gasteiger partial charge is 0.490 e. The molecule has 1 aliphatic rings. The minimum atomic E-state index is -1.22. The topological polar surface area (TPSA) is 140 Å². The van der Waals surface area contributed by atoms with Crippen LogP contribution in [0.3, 0.4) is 0 Å². The number of methoxy groups -OCH3 is 1. The first-order chi connectivity index (χ1) is 21.6. The van der Waals surface area contributed by atoms with Gasteiger partial charge in [0.05, 0.1) is 36.6 Å². The molecule has 45 heavy (non-hydrogen) atoms. The number of amides is 2. The van der Waals surface area contributed by atoms with Crippen molar-refractivity contribution in [2.24, 2.45) is 5.10 Å². The number of aliphatic hydroxyl groups excluding tert-OH is 1. The zero-order chi connectivity index (χ0) is 32.5. The van der Waals surface area contributed by atoms with Crippen molar-refractivity contribution in [2.75, 3.05) is 20.3 Å². The number of carbonyl (C=O) groups excluding carboxylic acids is 2. The van der Waals surface area contributed by atoms with E-state index in [1.807, 2.05) is 12.1 Å². The van der Waals surface area contributed by atoms with Gasteiger partial charge in [-0.1, -0.05) is 53.0 Å². The van der Waals surface area contributed by atoms with Gasteiger partial charge in [-0.2, -0.15) is 5.10 Å². The number of hydrogen-bond donors (Lipinski definition) is 4. The molecule has 238 valence electrons. The zero-order valence-electron chi connectivity index (χ0n) is 24.5. The van der Waals surface area contributed by atoms with Crippen molar-refractivity contribution in [3.63, 3.8) is 0 Å². The Hall–Kier alpha value is -4.16. The lowest BCUT2D eigenvalue weighted by Crippen LogP contribution is -2.45. The summed E-state index contributed by atoms with van der Waals surface area (Å²) in [6.07, 6.45) is 0.192. The van der Waals surface area contributed by atoms with Gasteiger partial charge in [-0.15, -0.1) is 0 Å². The number of rotatable bonds is 13. The van der Waals surface area contributed by atoms with Crippen molar-refractivity contribution in [3.8, 4) is 17.2 Å². The minimum Gasteiger partial charge on any atom is -0.490 e. The number of benzene rings is 3. The normalized spacial score (nSPS) is 15.3. The maximum Gasteiger partial charge on any atom is 0.337 e. The Morgan fingerprint density at radius 3 is 2.60 bits per heavy atom. The van der Waals surface area contributed by atoms with E-state index in [1.165, 1.54) is 13.3 Å². The number of carbonyl (C=O) groups is 2. The molecular weight excluding hydrogens is 647 g/mol. The highest BCUT2D eigenvalue weighted by molar-refractivity contribution is 6.36. The molecule has 2 amide bonds. The predicted octanol–water partition coefficient (Wildman–Crippen LogP) is 5.75. The molecule has 4 rings (SSSR count). The van der Waals surface area contributed by atoms with Crippen LogP contribution in [0.2, 0.25) is 15.1 Å². The van der Waals surface area contributed by atoms with Crippen LogP contribution < -0.4 is 30.3 Å². The molecular formula is C31H31Cl3N4O7. The van der Waals surface area contributed by atoms with Gasteiger partial charge in [-0.25, -0.2) is 9.59 Å². The van der Waals surface area contributed by atoms with Gasteiger partial charge in [0.15, 0.2) is 17.7 Å². The third kappa shape index (κ3) is 8.95. The number of ether oxygens (including phenoxy) is 4. The summed E-state index contributed by atoms with van der Waals surface area (Å²) < 4.78 is 22.4. The SMILES string of the molecule is CCOc1cc([C@@H]2NC(=O)NC(C)=C2C(=O)OC)ccc1OC[C@@H](O)N/N=C/c1cc(Cl)cc(Cl)c1OCc1cccc(Cl)c1. The van der Waals surface area contributed by atoms with E-state index >= 15 is 0 Å². The number of allylic oxidation sites excluding steroid dienone is 1. The molecule has 0 fully saturated rings. The molecule has 2 atom stereocenters. The summed E-state index contributed by atoms with van der Waals surface area (Å²) in [7, 11) is 1.27. The van der Waals surface area contributed by atoms with Gasteiger partial charge in [0.1, 0.15) is 19.0 Å². The molecule has 0 aliphatic carbocycles. The fraction of sp³-hybridized carbons (Fsp3) is 0.258. The summed E-state index contributed by atoms with van der Waals surface area (Å²) in [6.45, 7) is 3.73. The first-order valence-corrected chi connectivity index (χ1v) is 14.8. The molecule has 0 radical (unpaired) electrons. The average molecular weight is 678 g/mol. The summed E-state index contributed by atoms with van der Waals surface area (Å²) in [6, 6.07) is 14.1. The molecule has 4 N–H and O–H groups in total. The molecule has 1 aliphatic heterocycles. The van der Waals surface area contributed by atoms with Crippen molar-refractivity contribution in [1.82, 2.24) is 16.1 Å². The number of nitrogens with one attached hydrogen (secondary N) is 3. The Morgan fingerprint density at radius 1 is 1.07 bits per heavy atom. The smallest absolute Gasteiger partial charge is 0.337 e. The van der Waals surface area contributed by atoms with Crippen molar-refractivity contribution in [1.29, 1.82) is 0 Å². The second-order valence-corrected chi connectivity index (χ2v) is 10.9. The lowest BCUT2D eigenvalue weighted by atomic mass is 9.95. The van der Waals surface area contributed by atoms with E-state index in [4.69, 9.17) is 53.8 Å². The van der Waals surface area contributed by atoms with Gasteiger partial charge < -0.3 is 34.7 Å². The number of nitrogens with zero attached hydrogens (tertiary/aromatic N) is 1. The number of hydrogen-bond acceptors (Lipinski definition) is 9. The summed E-state index contributed by atoms with van der Waals surface area (Å²) in [5.41, 5.74) is 5.11. The number of esters is 1. The summed E-state index contributed by atoms with van der Waals surface area (Å²) in [4.78, 5) is 24.6. The highest BCUT2D eigenvalue weighted by atomic mass is 35.5. The van der Waals surface area contributed by atoms with Crippen LogP contribution in [0, 0.1) is 0 Å². The quantitative estimate of drug-likeness (QED) is 0.0777. The van der Waals surface area contributed by atoms with Gasteiger partial charge >= 0.3 is 12.0 Å². The highest BCUT2D eigenvalue weighted by Gasteiger charge is 2.32. The second kappa shape index (κ2) is 15.7. The molecule has 3 aromatic rings. The monoisotopic (exact) mass is 676 g/mol. The molecule has 14 heteroatoms. The Balaban J connectivity index is 1.43. The van der Waals surface area contributed by atoms with Crippen molar-refractivity contribution in [2.45, 2.75) is 32.7 Å². The zero-order valence-corrected chi connectivity index (χ0v) is 26.8. The van der Waals surface area contributed by atoms with E-state index in [0.717, 1.165) is 5.56 Å². The second-order valence-electron chi connectivity index (χ2n) is 9.64. The first-order valence-electron chi connectivity index (χ1n) is 13.7. The van der Waals surface area contributed by atoms with Crippen LogP contribution in [-0.2, 0) is 16.1 Å². The van der Waals surface area contributed by atoms with Gasteiger partial charge in [-0.05, 0) is 61.4 Å². The van der Waals surface area contributed by atoms with E-state index in [2.05, 4.69) is 21.2 Å². The first kappa shape index (κ1) is 33.7. The standard InChI is InChI=1S/C31H31Cl3N4O7/c1-4-43-25-12-19(28-27(30(40)42-3)17(2)36-31(41)37-28)8-9-24(25)44-16-26(39)38-35-14-20-11-22(33)13-23(34)29(20)45-15-18-6-5-7-21(32)10-18/h5-14,26,28,38-39H,4,15-16H2,1-3H3,(H2,36,37,41)/b35-14+/t26-,28+/m1/s1. The number of halogens is 3. The number of aliphatic hydroxyl groups is 1. The Morgan fingerprint density at radius 2 is 1.87 bits per heavy atom. The van der Waals surface area contributed by atoms with Crippen LogP contribution in [0.4, 0.5) is 4.79 Å². The van der Waals surface area contributed by atoms with Gasteiger partial charge in [0, 0.05) is 21.3 Å². The number of urea groups is 1. The van der Waals surface area contributed by atoms with E-state index < -0.39 is 24.3 Å². The maximum absolute atomic E-state index is 12.5. The lowest BCUT2D eigenvalue weighted by Gasteiger charge is -2.28. The average Bonchev–Trinajstić information content (AvgIpc) is 2.99. The Bertz CT molecular complexity index is 1620. The molecule has 0 spiro atoms. The van der Waals surface area contributed by atoms with E-state index in [0.29, 0.717) is 50.7 Å². The van der Waals surface area contributed by atoms with E-state index in [1.54, 1.807) is 56.3 Å². The molecule has 0 saturated carbocycles. The van der Waals surface area contributed by atoms with Crippen LogP contribution in [0.15, 0.2) is 71.0 Å². The molecule has 0 unspecified atom stereocenters. The van der Waals surface area contributed by atoms with Crippen LogP contribution in [0.1, 0.15) is 36.6 Å². The van der Waals surface area contributed by atoms with Gasteiger partial charge in [0.25, 0.3) is 0 Å². The molecule has 3 aromatic carbocycles. The van der Waals surface area contributed by atoms with Crippen molar-refractivity contribution >= 4 is 53.0 Å². The van der Waals surface area contributed by atoms with Gasteiger partial charge in [0.2, 0.25) is 0 Å². The van der Waals surface area contributed by atoms with Crippen molar-refractivity contribution in [3.05, 3.63) is 97.6 Å². The number of hydrazone groups is 1. The highest BCUT2D eigenvalue weighted by Crippen LogP contribution is 2.35. The molecule has 0 bridgehead atoms. The Labute approximate surface area is 275 Å².